The van der Waals surface area contributed by atoms with Crippen molar-refractivity contribution < 1.29 is 4.74 Å². The van der Waals surface area contributed by atoms with Gasteiger partial charge in [-0.2, -0.15) is 0 Å². The largest absolute Gasteiger partial charge is 0.378 e. The van der Waals surface area contributed by atoms with E-state index in [-0.39, 0.29) is 6.04 Å². The van der Waals surface area contributed by atoms with Crippen molar-refractivity contribution in [1.29, 1.82) is 0 Å². The Morgan fingerprint density at radius 2 is 2.22 bits per heavy atom. The number of aromatic nitrogens is 3. The van der Waals surface area contributed by atoms with Crippen LogP contribution in [0.15, 0.2) is 6.33 Å². The molecule has 1 N–H and O–H groups in total. The van der Waals surface area contributed by atoms with Gasteiger partial charge in [-0.15, -0.1) is 10.2 Å². The van der Waals surface area contributed by atoms with Crippen LogP contribution in [0.1, 0.15) is 45.5 Å². The van der Waals surface area contributed by atoms with Crippen molar-refractivity contribution >= 4 is 0 Å². The second-order valence-corrected chi connectivity index (χ2v) is 5.56. The second-order valence-electron chi connectivity index (χ2n) is 5.56. The van der Waals surface area contributed by atoms with Gasteiger partial charge in [0, 0.05) is 19.7 Å². The lowest BCUT2D eigenvalue weighted by Crippen LogP contribution is -2.42. The predicted octanol–water partition coefficient (Wildman–Crippen LogP) is 1.67. The fourth-order valence-corrected chi connectivity index (χ4v) is 2.56. The Bertz CT molecular complexity index is 377. The Morgan fingerprint density at radius 3 is 2.83 bits per heavy atom. The Hall–Kier alpha value is -0.940. The van der Waals surface area contributed by atoms with Gasteiger partial charge in [-0.3, -0.25) is 0 Å². The van der Waals surface area contributed by atoms with Crippen LogP contribution in [0.5, 0.6) is 0 Å². The van der Waals surface area contributed by atoms with Crippen LogP contribution >= 0.6 is 0 Å². The number of aryl methyl sites for hydroxylation is 1. The SMILES string of the molecule is CC(NC1CCOC(C(C)C)C1)c1nncn1C. The van der Waals surface area contributed by atoms with E-state index in [9.17, 15) is 0 Å². The minimum absolute atomic E-state index is 0.230. The van der Waals surface area contributed by atoms with Crippen LogP contribution in [-0.2, 0) is 11.8 Å². The molecular weight excluding hydrogens is 228 g/mol. The molecule has 3 atom stereocenters. The van der Waals surface area contributed by atoms with Gasteiger partial charge in [0.25, 0.3) is 0 Å². The number of nitrogens with one attached hydrogen (secondary N) is 1. The van der Waals surface area contributed by atoms with E-state index in [1.54, 1.807) is 6.33 Å². The predicted molar refractivity (Wildman–Crippen MR) is 70.2 cm³/mol. The molecule has 1 aromatic rings. The van der Waals surface area contributed by atoms with Gasteiger partial charge < -0.3 is 14.6 Å². The first-order valence-electron chi connectivity index (χ1n) is 6.79. The first-order chi connectivity index (χ1) is 8.58. The molecular formula is C13H24N4O. The zero-order valence-corrected chi connectivity index (χ0v) is 11.8. The van der Waals surface area contributed by atoms with Crippen LogP contribution in [0.3, 0.4) is 0 Å². The molecule has 2 rings (SSSR count). The average molecular weight is 252 g/mol. The average Bonchev–Trinajstić information content (AvgIpc) is 2.76. The molecule has 0 bridgehead atoms. The van der Waals surface area contributed by atoms with E-state index in [0.29, 0.717) is 18.1 Å². The number of nitrogens with zero attached hydrogens (tertiary/aromatic N) is 3. The zero-order chi connectivity index (χ0) is 13.1. The van der Waals surface area contributed by atoms with E-state index < -0.39 is 0 Å². The highest BCUT2D eigenvalue weighted by atomic mass is 16.5. The monoisotopic (exact) mass is 252 g/mol. The lowest BCUT2D eigenvalue weighted by Gasteiger charge is -2.33. The second kappa shape index (κ2) is 5.80. The third-order valence-corrected chi connectivity index (χ3v) is 3.68. The van der Waals surface area contributed by atoms with Gasteiger partial charge in [0.05, 0.1) is 12.1 Å². The normalized spacial score (nSPS) is 26.5. The van der Waals surface area contributed by atoms with Crippen molar-refractivity contribution in [2.24, 2.45) is 13.0 Å². The van der Waals surface area contributed by atoms with Crippen LogP contribution < -0.4 is 5.32 Å². The minimum atomic E-state index is 0.230. The van der Waals surface area contributed by atoms with Gasteiger partial charge in [-0.25, -0.2) is 0 Å². The van der Waals surface area contributed by atoms with Crippen molar-refractivity contribution in [1.82, 2.24) is 20.1 Å². The zero-order valence-electron chi connectivity index (χ0n) is 11.8. The molecule has 2 heterocycles. The fourth-order valence-electron chi connectivity index (χ4n) is 2.56. The first kappa shape index (κ1) is 13.5. The molecule has 0 saturated carbocycles. The van der Waals surface area contributed by atoms with Crippen LogP contribution in [0.25, 0.3) is 0 Å². The number of rotatable bonds is 4. The molecule has 1 aliphatic rings. The van der Waals surface area contributed by atoms with Gasteiger partial charge in [0.15, 0.2) is 0 Å². The van der Waals surface area contributed by atoms with Crippen LogP contribution in [-0.4, -0.2) is 33.5 Å². The molecule has 0 spiro atoms. The molecule has 1 aromatic heterocycles. The molecule has 0 amide bonds. The molecule has 102 valence electrons. The molecule has 0 aromatic carbocycles. The van der Waals surface area contributed by atoms with E-state index in [4.69, 9.17) is 4.74 Å². The van der Waals surface area contributed by atoms with Crippen molar-refractivity contribution in [3.8, 4) is 0 Å². The molecule has 1 saturated heterocycles. The molecule has 1 aliphatic heterocycles. The fraction of sp³-hybridized carbons (Fsp3) is 0.846. The molecule has 18 heavy (non-hydrogen) atoms. The highest BCUT2D eigenvalue weighted by molar-refractivity contribution is 4.94. The number of hydrogen-bond acceptors (Lipinski definition) is 4. The van der Waals surface area contributed by atoms with Crippen LogP contribution in [0.2, 0.25) is 0 Å². The molecule has 1 fully saturated rings. The summed E-state index contributed by atoms with van der Waals surface area (Å²) < 4.78 is 7.76. The van der Waals surface area contributed by atoms with E-state index in [0.717, 1.165) is 25.3 Å². The summed E-state index contributed by atoms with van der Waals surface area (Å²) in [4.78, 5) is 0. The summed E-state index contributed by atoms with van der Waals surface area (Å²) in [6, 6.07) is 0.742. The van der Waals surface area contributed by atoms with E-state index >= 15 is 0 Å². The Morgan fingerprint density at radius 1 is 1.44 bits per heavy atom. The number of ether oxygens (including phenoxy) is 1. The number of hydrogen-bond donors (Lipinski definition) is 1. The standard InChI is InChI=1S/C13H24N4O/c1-9(2)12-7-11(5-6-18-12)15-10(3)13-16-14-8-17(13)4/h8-12,15H,5-7H2,1-4H3. The Balaban J connectivity index is 1.91. The van der Waals surface area contributed by atoms with Gasteiger partial charge in [0.2, 0.25) is 0 Å². The van der Waals surface area contributed by atoms with Crippen LogP contribution in [0, 0.1) is 5.92 Å². The lowest BCUT2D eigenvalue weighted by atomic mass is 9.95. The maximum atomic E-state index is 5.79. The van der Waals surface area contributed by atoms with Crippen molar-refractivity contribution in [2.45, 2.75) is 51.8 Å². The minimum Gasteiger partial charge on any atom is -0.378 e. The summed E-state index contributed by atoms with van der Waals surface area (Å²) in [5.41, 5.74) is 0. The summed E-state index contributed by atoms with van der Waals surface area (Å²) >= 11 is 0. The van der Waals surface area contributed by atoms with Gasteiger partial charge in [-0.05, 0) is 25.7 Å². The van der Waals surface area contributed by atoms with Gasteiger partial charge in [-0.1, -0.05) is 13.8 Å². The first-order valence-corrected chi connectivity index (χ1v) is 6.79. The maximum absolute atomic E-state index is 5.79. The van der Waals surface area contributed by atoms with E-state index in [1.807, 2.05) is 11.6 Å². The molecule has 5 nitrogen and oxygen atoms in total. The van der Waals surface area contributed by atoms with Crippen LogP contribution in [0.4, 0.5) is 0 Å². The van der Waals surface area contributed by atoms with Gasteiger partial charge in [0.1, 0.15) is 12.2 Å². The highest BCUT2D eigenvalue weighted by Crippen LogP contribution is 2.22. The van der Waals surface area contributed by atoms with Crippen molar-refractivity contribution in [2.75, 3.05) is 6.61 Å². The quantitative estimate of drug-likeness (QED) is 0.885. The van der Waals surface area contributed by atoms with Crippen molar-refractivity contribution in [3.63, 3.8) is 0 Å². The third-order valence-electron chi connectivity index (χ3n) is 3.68. The summed E-state index contributed by atoms with van der Waals surface area (Å²) in [6.07, 6.45) is 4.28. The molecule has 3 unspecified atom stereocenters. The van der Waals surface area contributed by atoms with Crippen molar-refractivity contribution in [3.05, 3.63) is 12.2 Å². The van der Waals surface area contributed by atoms with E-state index in [1.165, 1.54) is 0 Å². The third kappa shape index (κ3) is 3.09. The topological polar surface area (TPSA) is 52.0 Å². The Kier molecular flexibility index (Phi) is 4.35. The molecule has 0 radical (unpaired) electrons. The molecule has 5 heteroatoms. The summed E-state index contributed by atoms with van der Waals surface area (Å²) in [5, 5.41) is 11.7. The highest BCUT2D eigenvalue weighted by Gasteiger charge is 2.26. The molecule has 0 aliphatic carbocycles. The summed E-state index contributed by atoms with van der Waals surface area (Å²) in [5.74, 6) is 1.57. The summed E-state index contributed by atoms with van der Waals surface area (Å²) in [7, 11) is 1.98. The lowest BCUT2D eigenvalue weighted by molar-refractivity contribution is -0.0258. The maximum Gasteiger partial charge on any atom is 0.149 e. The smallest absolute Gasteiger partial charge is 0.149 e. The van der Waals surface area contributed by atoms with Gasteiger partial charge >= 0.3 is 0 Å². The van der Waals surface area contributed by atoms with E-state index in [2.05, 4.69) is 36.3 Å². The summed E-state index contributed by atoms with van der Waals surface area (Å²) in [6.45, 7) is 7.44. The Labute approximate surface area is 109 Å².